The molecule has 1 amide bonds. The van der Waals surface area contributed by atoms with Crippen molar-refractivity contribution in [3.63, 3.8) is 0 Å². The third-order valence-corrected chi connectivity index (χ3v) is 5.84. The van der Waals surface area contributed by atoms with Gasteiger partial charge in [0, 0.05) is 5.02 Å². The van der Waals surface area contributed by atoms with Gasteiger partial charge in [0.25, 0.3) is 11.7 Å². The maximum Gasteiger partial charge on any atom is 0.300 e. The van der Waals surface area contributed by atoms with Crippen molar-refractivity contribution >= 4 is 34.7 Å². The number of ketones is 1. The second-order valence-electron chi connectivity index (χ2n) is 7.66. The number of amides is 1. The largest absolute Gasteiger partial charge is 0.507 e. The average molecular weight is 496 g/mol. The number of ether oxygens (including phenoxy) is 2. The van der Waals surface area contributed by atoms with E-state index in [4.69, 9.17) is 21.1 Å². The van der Waals surface area contributed by atoms with Crippen LogP contribution in [0.4, 0.5) is 5.69 Å². The van der Waals surface area contributed by atoms with Gasteiger partial charge in [-0.1, -0.05) is 29.8 Å². The zero-order valence-corrected chi connectivity index (χ0v) is 19.6. The molecule has 4 rings (SSSR count). The van der Waals surface area contributed by atoms with Gasteiger partial charge in [-0.3, -0.25) is 14.5 Å². The minimum absolute atomic E-state index is 0.0188. The summed E-state index contributed by atoms with van der Waals surface area (Å²) < 4.78 is 10.8. The highest BCUT2D eigenvalue weighted by Crippen LogP contribution is 2.47. The quantitative estimate of drug-likeness (QED) is 0.256. The van der Waals surface area contributed by atoms with Crippen LogP contribution in [0.15, 0.2) is 66.2 Å². The molecule has 1 aliphatic heterocycles. The van der Waals surface area contributed by atoms with E-state index in [9.17, 15) is 24.9 Å². The van der Waals surface area contributed by atoms with E-state index in [1.54, 1.807) is 31.2 Å². The van der Waals surface area contributed by atoms with Crippen molar-refractivity contribution in [3.8, 4) is 23.0 Å². The van der Waals surface area contributed by atoms with Crippen LogP contribution in [0.2, 0.25) is 5.02 Å². The summed E-state index contributed by atoms with van der Waals surface area (Å²) in [6.07, 6.45) is 0. The number of rotatable bonds is 6. The van der Waals surface area contributed by atoms with Crippen molar-refractivity contribution in [3.05, 3.63) is 82.4 Å². The molecular formula is C26H22ClNO7. The lowest BCUT2D eigenvalue weighted by Gasteiger charge is -2.26. The summed E-state index contributed by atoms with van der Waals surface area (Å²) in [6, 6.07) is 13.8. The zero-order valence-electron chi connectivity index (χ0n) is 18.9. The molecule has 0 radical (unpaired) electrons. The standard InChI is InChI=1S/C26H22ClNO7/c1-3-35-21-12-14(8-10-19(21)30)23-22(24(31)16-6-4-5-7-20(16)34-2)25(32)26(33)28(23)17-13-15(27)9-11-18(17)29/h4-13,23,29-31H,3H2,1-2H3/b24-22+. The first-order valence-electron chi connectivity index (χ1n) is 10.7. The molecule has 0 spiro atoms. The third kappa shape index (κ3) is 4.24. The Morgan fingerprint density at radius 2 is 1.71 bits per heavy atom. The number of hydrogen-bond donors (Lipinski definition) is 3. The first kappa shape index (κ1) is 24.0. The molecule has 3 aromatic carbocycles. The summed E-state index contributed by atoms with van der Waals surface area (Å²) in [5.41, 5.74) is 0.306. The highest BCUT2D eigenvalue weighted by atomic mass is 35.5. The van der Waals surface area contributed by atoms with Crippen LogP contribution in [0.5, 0.6) is 23.0 Å². The number of para-hydroxylation sites is 1. The van der Waals surface area contributed by atoms with Crippen LogP contribution in [0.3, 0.4) is 0 Å². The molecule has 1 saturated heterocycles. The number of halogens is 1. The highest BCUT2D eigenvalue weighted by Gasteiger charge is 2.48. The van der Waals surface area contributed by atoms with Crippen molar-refractivity contribution in [2.75, 3.05) is 18.6 Å². The second-order valence-corrected chi connectivity index (χ2v) is 8.10. The van der Waals surface area contributed by atoms with Gasteiger partial charge in [0.1, 0.15) is 17.3 Å². The molecule has 0 bridgehead atoms. The Morgan fingerprint density at radius 3 is 2.43 bits per heavy atom. The molecule has 0 saturated carbocycles. The molecule has 3 aromatic rings. The Hall–Kier alpha value is -4.17. The van der Waals surface area contributed by atoms with Crippen molar-refractivity contribution in [2.24, 2.45) is 0 Å². The van der Waals surface area contributed by atoms with Gasteiger partial charge in [-0.05, 0) is 55.0 Å². The fraction of sp³-hybridized carbons (Fsp3) is 0.154. The van der Waals surface area contributed by atoms with E-state index in [0.717, 1.165) is 4.90 Å². The summed E-state index contributed by atoms with van der Waals surface area (Å²) in [5.74, 6) is -2.41. The summed E-state index contributed by atoms with van der Waals surface area (Å²) in [4.78, 5) is 27.7. The van der Waals surface area contributed by atoms with E-state index in [2.05, 4.69) is 0 Å². The molecule has 180 valence electrons. The number of anilines is 1. The molecule has 1 aliphatic rings. The molecular weight excluding hydrogens is 474 g/mol. The van der Waals surface area contributed by atoms with E-state index in [-0.39, 0.29) is 45.7 Å². The van der Waals surface area contributed by atoms with E-state index in [0.29, 0.717) is 11.3 Å². The molecule has 9 heteroatoms. The first-order valence-corrected chi connectivity index (χ1v) is 11.0. The second kappa shape index (κ2) is 9.60. The maximum atomic E-state index is 13.3. The first-order chi connectivity index (χ1) is 16.8. The Bertz CT molecular complexity index is 1350. The average Bonchev–Trinajstić information content (AvgIpc) is 3.12. The summed E-state index contributed by atoms with van der Waals surface area (Å²) in [5, 5.41) is 32.3. The normalized spacial score (nSPS) is 17.0. The SMILES string of the molecule is CCOc1cc(C2/C(=C(\O)c3ccccc3OC)C(=O)C(=O)N2c2cc(Cl)ccc2O)ccc1O. The van der Waals surface area contributed by atoms with Crippen LogP contribution in [0, 0.1) is 0 Å². The van der Waals surface area contributed by atoms with Gasteiger partial charge in [-0.25, -0.2) is 0 Å². The van der Waals surface area contributed by atoms with Gasteiger partial charge in [0.2, 0.25) is 0 Å². The number of benzene rings is 3. The number of Topliss-reactive ketones (excluding diaryl/α,β-unsaturated/α-hetero) is 1. The minimum Gasteiger partial charge on any atom is -0.507 e. The van der Waals surface area contributed by atoms with Crippen LogP contribution in [-0.4, -0.2) is 40.7 Å². The van der Waals surface area contributed by atoms with Gasteiger partial charge >= 0.3 is 0 Å². The van der Waals surface area contributed by atoms with E-state index in [1.165, 1.54) is 43.5 Å². The van der Waals surface area contributed by atoms with E-state index >= 15 is 0 Å². The number of phenols is 2. The number of carbonyl (C=O) groups excluding carboxylic acids is 2. The summed E-state index contributed by atoms with van der Waals surface area (Å²) >= 11 is 6.13. The fourth-order valence-electron chi connectivity index (χ4n) is 4.04. The number of aliphatic hydroxyl groups excluding tert-OH is 1. The Balaban J connectivity index is 2.02. The summed E-state index contributed by atoms with van der Waals surface area (Å²) in [7, 11) is 1.42. The number of hydrogen-bond acceptors (Lipinski definition) is 7. The van der Waals surface area contributed by atoms with Crippen LogP contribution in [0.25, 0.3) is 5.76 Å². The lowest BCUT2D eigenvalue weighted by Crippen LogP contribution is -2.29. The number of aromatic hydroxyl groups is 2. The number of phenolic OH excluding ortho intramolecular Hbond substituents is 2. The lowest BCUT2D eigenvalue weighted by molar-refractivity contribution is -0.132. The highest BCUT2D eigenvalue weighted by molar-refractivity contribution is 6.52. The van der Waals surface area contributed by atoms with Crippen molar-refractivity contribution < 1.29 is 34.4 Å². The van der Waals surface area contributed by atoms with Crippen LogP contribution >= 0.6 is 11.6 Å². The molecule has 1 fully saturated rings. The van der Waals surface area contributed by atoms with Gasteiger partial charge in [-0.2, -0.15) is 0 Å². The predicted octanol–water partition coefficient (Wildman–Crippen LogP) is 4.78. The zero-order chi connectivity index (χ0) is 25.3. The van der Waals surface area contributed by atoms with Crippen LogP contribution in [0.1, 0.15) is 24.1 Å². The Morgan fingerprint density at radius 1 is 1.00 bits per heavy atom. The predicted molar refractivity (Wildman–Crippen MR) is 130 cm³/mol. The number of methoxy groups -OCH3 is 1. The summed E-state index contributed by atoms with van der Waals surface area (Å²) in [6.45, 7) is 2.00. The van der Waals surface area contributed by atoms with Crippen molar-refractivity contribution in [1.29, 1.82) is 0 Å². The van der Waals surface area contributed by atoms with Gasteiger partial charge < -0.3 is 24.8 Å². The molecule has 8 nitrogen and oxygen atoms in total. The maximum absolute atomic E-state index is 13.3. The molecule has 0 aliphatic carbocycles. The minimum atomic E-state index is -1.18. The topological polar surface area (TPSA) is 117 Å². The number of carbonyl (C=O) groups is 2. The third-order valence-electron chi connectivity index (χ3n) is 5.60. The monoisotopic (exact) mass is 495 g/mol. The van der Waals surface area contributed by atoms with E-state index < -0.39 is 23.5 Å². The number of nitrogens with zero attached hydrogens (tertiary/aromatic N) is 1. The molecule has 1 heterocycles. The van der Waals surface area contributed by atoms with Crippen molar-refractivity contribution in [1.82, 2.24) is 0 Å². The number of aliphatic hydroxyl groups is 1. The molecule has 0 aromatic heterocycles. The van der Waals surface area contributed by atoms with Gasteiger partial charge in [-0.15, -0.1) is 0 Å². The smallest absolute Gasteiger partial charge is 0.300 e. The van der Waals surface area contributed by atoms with Gasteiger partial charge in [0.05, 0.1) is 36.6 Å². The van der Waals surface area contributed by atoms with Crippen molar-refractivity contribution in [2.45, 2.75) is 13.0 Å². The molecule has 1 unspecified atom stereocenters. The molecule has 35 heavy (non-hydrogen) atoms. The van der Waals surface area contributed by atoms with Crippen LogP contribution in [-0.2, 0) is 9.59 Å². The molecule has 3 N–H and O–H groups in total. The Kier molecular flexibility index (Phi) is 6.57. The molecule has 1 atom stereocenters. The van der Waals surface area contributed by atoms with E-state index in [1.807, 2.05) is 0 Å². The van der Waals surface area contributed by atoms with Crippen LogP contribution < -0.4 is 14.4 Å². The van der Waals surface area contributed by atoms with Gasteiger partial charge in [0.15, 0.2) is 11.5 Å². The Labute approximate surface area is 206 Å². The fourth-order valence-corrected chi connectivity index (χ4v) is 4.21. The lowest BCUT2D eigenvalue weighted by atomic mass is 9.94.